The third-order valence-electron chi connectivity index (χ3n) is 3.02. The molecular weight excluding hydrogens is 278 g/mol. The maximum absolute atomic E-state index is 7.65. The molecule has 4 heteroatoms. The van der Waals surface area contributed by atoms with Gasteiger partial charge in [-0.1, -0.05) is 22.9 Å². The maximum Gasteiger partial charge on any atom is 0.124 e. The van der Waals surface area contributed by atoms with Crippen LogP contribution in [-0.2, 0) is 0 Å². The summed E-state index contributed by atoms with van der Waals surface area (Å²) in [5.74, 6) is 0.120. The minimum Gasteiger partial charge on any atom is -0.384 e. The number of hydrogen-bond acceptors (Lipinski definition) is 2. The van der Waals surface area contributed by atoms with Crippen LogP contribution in [0, 0.1) is 5.41 Å². The molecule has 0 aliphatic carbocycles. The zero-order valence-corrected chi connectivity index (χ0v) is 12.2. The Labute approximate surface area is 112 Å². The molecule has 1 aromatic rings. The number of hydrogen-bond donors (Lipinski definition) is 2. The summed E-state index contributed by atoms with van der Waals surface area (Å²) in [6.07, 6.45) is 1.07. The van der Waals surface area contributed by atoms with Gasteiger partial charge >= 0.3 is 0 Å². The van der Waals surface area contributed by atoms with Crippen LogP contribution in [0.15, 0.2) is 22.7 Å². The molecule has 0 aromatic heterocycles. The zero-order chi connectivity index (χ0) is 13.0. The van der Waals surface area contributed by atoms with Gasteiger partial charge in [-0.05, 0) is 38.5 Å². The number of anilines is 1. The molecule has 0 spiro atoms. The first kappa shape index (κ1) is 14.0. The molecule has 1 atom stereocenters. The molecule has 0 aliphatic heterocycles. The lowest BCUT2D eigenvalue weighted by Crippen LogP contribution is -2.34. The Balaban J connectivity index is 3.25. The number of nitrogens with one attached hydrogen (secondary N) is 1. The van der Waals surface area contributed by atoms with Crippen LogP contribution in [0.2, 0.25) is 0 Å². The lowest BCUT2D eigenvalue weighted by atomic mass is 10.1. The highest BCUT2D eigenvalue weighted by Crippen LogP contribution is 2.27. The van der Waals surface area contributed by atoms with Gasteiger partial charge in [-0.25, -0.2) is 0 Å². The van der Waals surface area contributed by atoms with Crippen molar-refractivity contribution in [2.45, 2.75) is 33.2 Å². The summed E-state index contributed by atoms with van der Waals surface area (Å²) < 4.78 is 1.01. The van der Waals surface area contributed by atoms with E-state index in [0.717, 1.165) is 28.7 Å². The molecule has 0 saturated carbocycles. The van der Waals surface area contributed by atoms with E-state index < -0.39 is 0 Å². The topological polar surface area (TPSA) is 53.1 Å². The molecule has 0 heterocycles. The molecule has 0 aliphatic rings. The highest BCUT2D eigenvalue weighted by Gasteiger charge is 2.16. The summed E-state index contributed by atoms with van der Waals surface area (Å²) in [6, 6.07) is 6.29. The van der Waals surface area contributed by atoms with E-state index in [1.165, 1.54) is 0 Å². The van der Waals surface area contributed by atoms with Crippen molar-refractivity contribution in [3.05, 3.63) is 28.2 Å². The fourth-order valence-electron chi connectivity index (χ4n) is 1.91. The van der Waals surface area contributed by atoms with Crippen molar-refractivity contribution < 1.29 is 0 Å². The predicted octanol–water partition coefficient (Wildman–Crippen LogP) is 3.36. The number of nitrogen functional groups attached to an aromatic ring is 1. The van der Waals surface area contributed by atoms with Crippen LogP contribution in [0.1, 0.15) is 32.8 Å². The number of rotatable bonds is 5. The standard InChI is InChI=1S/C13H20BrN3/c1-4-9(3)17(5-2)12-8-10(14)6-7-11(12)13(15)16/h6-9H,4-5H2,1-3H3,(H3,15,16). The van der Waals surface area contributed by atoms with Crippen molar-refractivity contribution in [1.82, 2.24) is 0 Å². The highest BCUT2D eigenvalue weighted by molar-refractivity contribution is 9.10. The Morgan fingerprint density at radius 3 is 2.59 bits per heavy atom. The second-order valence-electron chi connectivity index (χ2n) is 4.12. The normalized spacial score (nSPS) is 12.2. The van der Waals surface area contributed by atoms with E-state index in [4.69, 9.17) is 11.1 Å². The van der Waals surface area contributed by atoms with E-state index in [1.807, 2.05) is 18.2 Å². The SMILES string of the molecule is CCC(C)N(CC)c1cc(Br)ccc1C(=N)N. The van der Waals surface area contributed by atoms with E-state index in [2.05, 4.69) is 41.6 Å². The number of halogens is 1. The molecule has 1 aromatic carbocycles. The Morgan fingerprint density at radius 1 is 1.47 bits per heavy atom. The Kier molecular flexibility index (Phi) is 5.00. The summed E-state index contributed by atoms with van der Waals surface area (Å²) in [5, 5.41) is 7.65. The number of nitrogens with zero attached hydrogens (tertiary/aromatic N) is 1. The van der Waals surface area contributed by atoms with Crippen LogP contribution in [0.3, 0.4) is 0 Å². The smallest absolute Gasteiger partial charge is 0.124 e. The van der Waals surface area contributed by atoms with Crippen LogP contribution >= 0.6 is 15.9 Å². The first-order chi connectivity index (χ1) is 8.01. The van der Waals surface area contributed by atoms with Gasteiger partial charge in [-0.15, -0.1) is 0 Å². The van der Waals surface area contributed by atoms with Crippen LogP contribution < -0.4 is 10.6 Å². The van der Waals surface area contributed by atoms with Crippen LogP contribution in [0.4, 0.5) is 5.69 Å². The van der Waals surface area contributed by atoms with Gasteiger partial charge < -0.3 is 10.6 Å². The van der Waals surface area contributed by atoms with Crippen molar-refractivity contribution in [3.8, 4) is 0 Å². The summed E-state index contributed by atoms with van der Waals surface area (Å²) >= 11 is 3.48. The Morgan fingerprint density at radius 2 is 2.12 bits per heavy atom. The molecule has 3 N–H and O–H groups in total. The molecule has 1 rings (SSSR count). The summed E-state index contributed by atoms with van der Waals surface area (Å²) in [4.78, 5) is 2.28. The molecule has 1 unspecified atom stereocenters. The molecule has 17 heavy (non-hydrogen) atoms. The summed E-state index contributed by atoms with van der Waals surface area (Å²) in [5.41, 5.74) is 7.47. The van der Waals surface area contributed by atoms with Gasteiger partial charge in [0.1, 0.15) is 5.84 Å². The summed E-state index contributed by atoms with van der Waals surface area (Å²) in [6.45, 7) is 7.38. The van der Waals surface area contributed by atoms with Crippen molar-refractivity contribution in [1.29, 1.82) is 5.41 Å². The Hall–Kier alpha value is -1.03. The third kappa shape index (κ3) is 3.22. The number of benzene rings is 1. The van der Waals surface area contributed by atoms with Gasteiger partial charge in [-0.2, -0.15) is 0 Å². The molecule has 0 fully saturated rings. The molecule has 0 amide bonds. The largest absolute Gasteiger partial charge is 0.384 e. The number of amidine groups is 1. The van der Waals surface area contributed by atoms with Crippen LogP contribution in [0.5, 0.6) is 0 Å². The van der Waals surface area contributed by atoms with Gasteiger partial charge in [0.05, 0.1) is 0 Å². The van der Waals surface area contributed by atoms with Crippen LogP contribution in [0.25, 0.3) is 0 Å². The molecule has 0 radical (unpaired) electrons. The highest BCUT2D eigenvalue weighted by atomic mass is 79.9. The predicted molar refractivity (Wildman–Crippen MR) is 77.9 cm³/mol. The fourth-order valence-corrected chi connectivity index (χ4v) is 2.26. The third-order valence-corrected chi connectivity index (χ3v) is 3.52. The zero-order valence-electron chi connectivity index (χ0n) is 10.6. The van der Waals surface area contributed by atoms with E-state index in [9.17, 15) is 0 Å². The monoisotopic (exact) mass is 297 g/mol. The lowest BCUT2D eigenvalue weighted by molar-refractivity contribution is 0.629. The van der Waals surface area contributed by atoms with E-state index in [1.54, 1.807) is 0 Å². The average Bonchev–Trinajstić information content (AvgIpc) is 2.29. The van der Waals surface area contributed by atoms with Crippen molar-refractivity contribution >= 4 is 27.5 Å². The van der Waals surface area contributed by atoms with E-state index in [-0.39, 0.29) is 5.84 Å². The number of nitrogens with two attached hydrogens (primary N) is 1. The maximum atomic E-state index is 7.65. The van der Waals surface area contributed by atoms with Gasteiger partial charge in [0.2, 0.25) is 0 Å². The summed E-state index contributed by atoms with van der Waals surface area (Å²) in [7, 11) is 0. The van der Waals surface area contributed by atoms with Crippen LogP contribution in [-0.4, -0.2) is 18.4 Å². The van der Waals surface area contributed by atoms with Gasteiger partial charge in [-0.3, -0.25) is 5.41 Å². The van der Waals surface area contributed by atoms with Gasteiger partial charge in [0.25, 0.3) is 0 Å². The lowest BCUT2D eigenvalue weighted by Gasteiger charge is -2.31. The quantitative estimate of drug-likeness (QED) is 0.647. The fraction of sp³-hybridized carbons (Fsp3) is 0.462. The molecule has 0 saturated heterocycles. The molecule has 3 nitrogen and oxygen atoms in total. The second kappa shape index (κ2) is 6.05. The molecule has 0 bridgehead atoms. The Bertz CT molecular complexity index is 404. The van der Waals surface area contributed by atoms with Crippen molar-refractivity contribution in [2.24, 2.45) is 5.73 Å². The minimum atomic E-state index is 0.120. The first-order valence-electron chi connectivity index (χ1n) is 5.91. The molecular formula is C13H20BrN3. The van der Waals surface area contributed by atoms with E-state index in [0.29, 0.717) is 6.04 Å². The van der Waals surface area contributed by atoms with E-state index >= 15 is 0 Å². The average molecular weight is 298 g/mol. The second-order valence-corrected chi connectivity index (χ2v) is 5.03. The first-order valence-corrected chi connectivity index (χ1v) is 6.71. The van der Waals surface area contributed by atoms with Crippen molar-refractivity contribution in [2.75, 3.05) is 11.4 Å². The minimum absolute atomic E-state index is 0.120. The van der Waals surface area contributed by atoms with Crippen molar-refractivity contribution in [3.63, 3.8) is 0 Å². The van der Waals surface area contributed by atoms with Gasteiger partial charge in [0, 0.05) is 28.3 Å². The molecule has 94 valence electrons. The van der Waals surface area contributed by atoms with Gasteiger partial charge in [0.15, 0.2) is 0 Å².